The van der Waals surface area contributed by atoms with Crippen LogP contribution in [0.5, 0.6) is 0 Å². The third-order valence-corrected chi connectivity index (χ3v) is 4.70. The second-order valence-electron chi connectivity index (χ2n) is 5.22. The number of hydrogen-bond acceptors (Lipinski definition) is 3. The maximum absolute atomic E-state index is 6.07. The predicted octanol–water partition coefficient (Wildman–Crippen LogP) is 4.29. The first kappa shape index (κ1) is 15.1. The first-order valence-corrected chi connectivity index (χ1v) is 8.09. The number of halogens is 1. The highest BCUT2D eigenvalue weighted by molar-refractivity contribution is 9.10. The minimum atomic E-state index is 0.118. The van der Waals surface area contributed by atoms with E-state index < -0.39 is 0 Å². The number of nitrogens with one attached hydrogen (secondary N) is 1. The van der Waals surface area contributed by atoms with Crippen LogP contribution >= 0.6 is 15.9 Å². The molecule has 1 aliphatic carbocycles. The van der Waals surface area contributed by atoms with E-state index in [0.29, 0.717) is 5.92 Å². The Morgan fingerprint density at radius 3 is 2.68 bits per heavy atom. The Balaban J connectivity index is 2.17. The summed E-state index contributed by atoms with van der Waals surface area (Å²) in [6, 6.07) is 2.07. The smallest absolute Gasteiger partial charge is 0.137 e. The molecule has 0 saturated heterocycles. The Morgan fingerprint density at radius 2 is 2.16 bits per heavy atom. The predicted molar refractivity (Wildman–Crippen MR) is 80.2 cm³/mol. The summed E-state index contributed by atoms with van der Waals surface area (Å²) >= 11 is 3.56. The molecular weight excluding hydrogens is 306 g/mol. The summed E-state index contributed by atoms with van der Waals surface area (Å²) in [4.78, 5) is 0. The molecule has 1 aliphatic rings. The molecule has 4 heteroatoms. The van der Waals surface area contributed by atoms with E-state index >= 15 is 0 Å². The van der Waals surface area contributed by atoms with Crippen LogP contribution in [0, 0.1) is 5.92 Å². The molecule has 0 aromatic carbocycles. The van der Waals surface area contributed by atoms with E-state index in [-0.39, 0.29) is 12.1 Å². The monoisotopic (exact) mass is 329 g/mol. The maximum atomic E-state index is 6.07. The number of likely N-dealkylation sites (N-methyl/N-ethyl adjacent to an activating group) is 1. The Morgan fingerprint density at radius 1 is 1.42 bits per heavy atom. The third-order valence-electron chi connectivity index (χ3n) is 4.04. The summed E-state index contributed by atoms with van der Waals surface area (Å²) < 4.78 is 12.7. The topological polar surface area (TPSA) is 34.4 Å². The van der Waals surface area contributed by atoms with Crippen LogP contribution in [0.3, 0.4) is 0 Å². The van der Waals surface area contributed by atoms with Crippen molar-refractivity contribution >= 4 is 15.9 Å². The summed E-state index contributed by atoms with van der Waals surface area (Å²) in [5.74, 6) is 1.58. The molecule has 0 spiro atoms. The summed E-state index contributed by atoms with van der Waals surface area (Å²) in [6.07, 6.45) is 8.46. The lowest BCUT2D eigenvalue weighted by Gasteiger charge is -2.34. The SMILES string of the molecule is CCOC(C1CCCCC1)C(NC)c1occc1Br. The van der Waals surface area contributed by atoms with E-state index in [0.717, 1.165) is 16.8 Å². The van der Waals surface area contributed by atoms with Crippen LogP contribution in [0.15, 0.2) is 21.2 Å². The van der Waals surface area contributed by atoms with Crippen molar-refractivity contribution in [1.29, 1.82) is 0 Å². The van der Waals surface area contributed by atoms with Crippen LogP contribution in [0.2, 0.25) is 0 Å². The van der Waals surface area contributed by atoms with Gasteiger partial charge in [0.05, 0.1) is 22.9 Å². The lowest BCUT2D eigenvalue weighted by molar-refractivity contribution is -0.0213. The molecule has 1 fully saturated rings. The van der Waals surface area contributed by atoms with Gasteiger partial charge in [0.15, 0.2) is 0 Å². The number of furan rings is 1. The van der Waals surface area contributed by atoms with Gasteiger partial charge < -0.3 is 14.5 Å². The molecule has 2 unspecified atom stereocenters. The van der Waals surface area contributed by atoms with Crippen LogP contribution in [-0.2, 0) is 4.74 Å². The van der Waals surface area contributed by atoms with E-state index in [9.17, 15) is 0 Å². The molecule has 0 amide bonds. The molecule has 1 aromatic heterocycles. The van der Waals surface area contributed by atoms with Crippen molar-refractivity contribution in [3.8, 4) is 0 Å². The second kappa shape index (κ2) is 7.46. The Hall–Kier alpha value is -0.320. The van der Waals surface area contributed by atoms with E-state index in [1.54, 1.807) is 6.26 Å². The molecule has 108 valence electrons. The molecule has 1 N–H and O–H groups in total. The minimum absolute atomic E-state index is 0.118. The van der Waals surface area contributed by atoms with Crippen LogP contribution in [0.25, 0.3) is 0 Å². The first-order chi connectivity index (χ1) is 9.27. The third kappa shape index (κ3) is 3.61. The molecule has 0 aliphatic heterocycles. The van der Waals surface area contributed by atoms with Gasteiger partial charge in [0.1, 0.15) is 5.76 Å². The zero-order chi connectivity index (χ0) is 13.7. The molecule has 1 saturated carbocycles. The molecule has 0 bridgehead atoms. The Labute approximate surface area is 124 Å². The highest BCUT2D eigenvalue weighted by atomic mass is 79.9. The van der Waals surface area contributed by atoms with Crippen LogP contribution in [0.4, 0.5) is 0 Å². The fourth-order valence-electron chi connectivity index (χ4n) is 3.13. The molecule has 3 nitrogen and oxygen atoms in total. The van der Waals surface area contributed by atoms with Crippen LogP contribution in [-0.4, -0.2) is 19.8 Å². The average molecular weight is 330 g/mol. The quantitative estimate of drug-likeness (QED) is 0.845. The summed E-state index contributed by atoms with van der Waals surface area (Å²) in [6.45, 7) is 2.82. The van der Waals surface area contributed by atoms with Gasteiger partial charge in [0.2, 0.25) is 0 Å². The van der Waals surface area contributed by atoms with E-state index in [1.165, 1.54) is 32.1 Å². The lowest BCUT2D eigenvalue weighted by Crippen LogP contribution is -2.38. The van der Waals surface area contributed by atoms with Gasteiger partial charge in [0, 0.05) is 6.61 Å². The largest absolute Gasteiger partial charge is 0.466 e. The molecule has 1 aromatic rings. The highest BCUT2D eigenvalue weighted by Gasteiger charge is 2.33. The standard InChI is InChI=1S/C15H24BrNO2/c1-3-18-14(11-7-5-4-6-8-11)13(17-2)15-12(16)9-10-19-15/h9-11,13-14,17H,3-8H2,1-2H3. The molecule has 2 atom stereocenters. The summed E-state index contributed by atoms with van der Waals surface area (Å²) in [7, 11) is 1.98. The fourth-order valence-corrected chi connectivity index (χ4v) is 3.58. The van der Waals surface area contributed by atoms with Crippen LogP contribution < -0.4 is 5.32 Å². The van der Waals surface area contributed by atoms with Crippen molar-refractivity contribution in [1.82, 2.24) is 5.32 Å². The number of hydrogen-bond donors (Lipinski definition) is 1. The van der Waals surface area contributed by atoms with Crippen molar-refractivity contribution in [2.24, 2.45) is 5.92 Å². The van der Waals surface area contributed by atoms with Gasteiger partial charge in [-0.2, -0.15) is 0 Å². The zero-order valence-corrected chi connectivity index (χ0v) is 13.4. The number of rotatable bonds is 6. The second-order valence-corrected chi connectivity index (χ2v) is 6.07. The maximum Gasteiger partial charge on any atom is 0.137 e. The van der Waals surface area contributed by atoms with Crippen LogP contribution in [0.1, 0.15) is 50.8 Å². The van der Waals surface area contributed by atoms with Gasteiger partial charge in [-0.1, -0.05) is 19.3 Å². The number of ether oxygens (including phenoxy) is 1. The van der Waals surface area contributed by atoms with Gasteiger partial charge in [-0.3, -0.25) is 0 Å². The van der Waals surface area contributed by atoms with Crippen molar-refractivity contribution < 1.29 is 9.15 Å². The average Bonchev–Trinajstić information content (AvgIpc) is 2.86. The van der Waals surface area contributed by atoms with Crippen molar-refractivity contribution in [3.63, 3.8) is 0 Å². The normalized spacial score (nSPS) is 20.4. The first-order valence-electron chi connectivity index (χ1n) is 7.29. The van der Waals surface area contributed by atoms with Gasteiger partial charge in [-0.25, -0.2) is 0 Å². The summed E-state index contributed by atoms with van der Waals surface area (Å²) in [5.41, 5.74) is 0. The van der Waals surface area contributed by atoms with Crippen molar-refractivity contribution in [2.75, 3.05) is 13.7 Å². The highest BCUT2D eigenvalue weighted by Crippen LogP contribution is 2.36. The fraction of sp³-hybridized carbons (Fsp3) is 0.733. The summed E-state index contributed by atoms with van der Waals surface area (Å²) in [5, 5.41) is 3.38. The lowest BCUT2D eigenvalue weighted by atomic mass is 9.82. The van der Waals surface area contributed by atoms with Gasteiger partial charge in [-0.05, 0) is 54.7 Å². The molecule has 19 heavy (non-hydrogen) atoms. The van der Waals surface area contributed by atoms with Gasteiger partial charge >= 0.3 is 0 Å². The molecule has 2 rings (SSSR count). The van der Waals surface area contributed by atoms with Crippen molar-refractivity contribution in [2.45, 2.75) is 51.2 Å². The van der Waals surface area contributed by atoms with Gasteiger partial charge in [0.25, 0.3) is 0 Å². The van der Waals surface area contributed by atoms with E-state index in [1.807, 2.05) is 13.1 Å². The zero-order valence-electron chi connectivity index (χ0n) is 11.8. The van der Waals surface area contributed by atoms with E-state index in [4.69, 9.17) is 9.15 Å². The van der Waals surface area contributed by atoms with Gasteiger partial charge in [-0.15, -0.1) is 0 Å². The molecular formula is C15H24BrNO2. The molecule has 0 radical (unpaired) electrons. The Kier molecular flexibility index (Phi) is 5.92. The minimum Gasteiger partial charge on any atom is -0.466 e. The Bertz CT molecular complexity index is 374. The van der Waals surface area contributed by atoms with Crippen molar-refractivity contribution in [3.05, 3.63) is 22.6 Å². The molecule has 1 heterocycles. The van der Waals surface area contributed by atoms with E-state index in [2.05, 4.69) is 28.2 Å².